The van der Waals surface area contributed by atoms with Gasteiger partial charge in [-0.05, 0) is 35.5 Å². The molecule has 0 N–H and O–H groups in total. The SMILES string of the molecule is CC1CCCC(C)CCC1.CC1CCCC(C)CCC1.CC1CCCCCCC1.CC1CCCCCCC1. The fourth-order valence-electron chi connectivity index (χ4n) is 7.16. The molecule has 0 heterocycles. The van der Waals surface area contributed by atoms with Gasteiger partial charge in [0, 0.05) is 0 Å². The van der Waals surface area contributed by atoms with Crippen molar-refractivity contribution in [1.82, 2.24) is 0 Å². The van der Waals surface area contributed by atoms with Crippen LogP contribution in [0.4, 0.5) is 0 Å². The van der Waals surface area contributed by atoms with Gasteiger partial charge in [0.05, 0.1) is 0 Å². The summed E-state index contributed by atoms with van der Waals surface area (Å²) < 4.78 is 0. The van der Waals surface area contributed by atoms with Gasteiger partial charge in [-0.3, -0.25) is 0 Å². The number of hydrogen-bond acceptors (Lipinski definition) is 0. The lowest BCUT2D eigenvalue weighted by atomic mass is 9.88. The monoisotopic (exact) mass is 533 g/mol. The van der Waals surface area contributed by atoms with Crippen molar-refractivity contribution in [3.8, 4) is 0 Å². The maximum absolute atomic E-state index is 2.40. The normalized spacial score (nSPS) is 31.1. The summed E-state index contributed by atoms with van der Waals surface area (Å²) in [6, 6.07) is 0. The zero-order valence-corrected chi connectivity index (χ0v) is 27.8. The summed E-state index contributed by atoms with van der Waals surface area (Å²) in [5.74, 6) is 6.07. The first kappa shape index (κ1) is 36.0. The molecule has 0 aromatic carbocycles. The van der Waals surface area contributed by atoms with E-state index in [1.54, 1.807) is 0 Å². The highest BCUT2D eigenvalue weighted by Gasteiger charge is 2.11. The van der Waals surface area contributed by atoms with E-state index in [2.05, 4.69) is 41.5 Å². The molecule has 4 fully saturated rings. The van der Waals surface area contributed by atoms with Crippen molar-refractivity contribution in [2.24, 2.45) is 35.5 Å². The molecule has 38 heavy (non-hydrogen) atoms. The third-order valence-electron chi connectivity index (χ3n) is 10.4. The zero-order valence-electron chi connectivity index (χ0n) is 27.8. The van der Waals surface area contributed by atoms with Gasteiger partial charge in [0.1, 0.15) is 0 Å². The van der Waals surface area contributed by atoms with Crippen LogP contribution in [0.2, 0.25) is 0 Å². The molecule has 0 aromatic rings. The Hall–Kier alpha value is 0. The van der Waals surface area contributed by atoms with E-state index in [4.69, 9.17) is 0 Å². The molecule has 0 aromatic heterocycles. The lowest BCUT2D eigenvalue weighted by Gasteiger charge is -2.18. The number of hydrogen-bond donors (Lipinski definition) is 0. The highest BCUT2D eigenvalue weighted by molar-refractivity contribution is 4.64. The first-order valence-electron chi connectivity index (χ1n) is 18.4. The van der Waals surface area contributed by atoms with Gasteiger partial charge >= 0.3 is 0 Å². The molecule has 0 saturated heterocycles. The van der Waals surface area contributed by atoms with Gasteiger partial charge in [0.2, 0.25) is 0 Å². The standard InChI is InChI=1S/2C10H20.2C9H18/c2*1-9-5-3-7-10(2)8-4-6-9;2*1-9-7-5-3-2-4-6-8-9/h2*9-10H,3-8H2,1-2H3;2*9H,2-8H2,1H3. The Morgan fingerprint density at radius 1 is 0.184 bits per heavy atom. The van der Waals surface area contributed by atoms with Crippen LogP contribution < -0.4 is 0 Å². The highest BCUT2D eigenvalue weighted by atomic mass is 14.2. The molecule has 0 heteroatoms. The minimum Gasteiger partial charge on any atom is -0.0625 e. The Kier molecular flexibility index (Phi) is 23.5. The molecule has 0 amide bonds. The summed E-state index contributed by atoms with van der Waals surface area (Å²) in [5, 5.41) is 0. The van der Waals surface area contributed by atoms with E-state index in [1.165, 1.54) is 167 Å². The Labute approximate surface area is 243 Å². The molecule has 0 aliphatic heterocycles. The molecule has 4 rings (SSSR count). The molecule has 0 nitrogen and oxygen atoms in total. The molecule has 228 valence electrons. The van der Waals surface area contributed by atoms with Crippen LogP contribution in [0.1, 0.15) is 208 Å². The summed E-state index contributed by atoms with van der Waals surface area (Å²) >= 11 is 0. The second-order valence-electron chi connectivity index (χ2n) is 15.0. The molecule has 0 unspecified atom stereocenters. The number of rotatable bonds is 0. The molecule has 4 saturated carbocycles. The van der Waals surface area contributed by atoms with Gasteiger partial charge in [0.25, 0.3) is 0 Å². The highest BCUT2D eigenvalue weighted by Crippen LogP contribution is 2.26. The summed E-state index contributed by atoms with van der Waals surface area (Å²) in [4.78, 5) is 0. The second kappa shape index (κ2) is 24.8. The van der Waals surface area contributed by atoms with Crippen LogP contribution in [-0.4, -0.2) is 0 Å². The van der Waals surface area contributed by atoms with E-state index >= 15 is 0 Å². The average Bonchev–Trinajstić information content (AvgIpc) is 2.83. The first-order valence-corrected chi connectivity index (χ1v) is 18.4. The summed E-state index contributed by atoms with van der Waals surface area (Å²) in [6.45, 7) is 14.4. The maximum atomic E-state index is 2.40. The van der Waals surface area contributed by atoms with Crippen molar-refractivity contribution >= 4 is 0 Å². The van der Waals surface area contributed by atoms with Gasteiger partial charge in [0.15, 0.2) is 0 Å². The lowest BCUT2D eigenvalue weighted by Crippen LogP contribution is -2.04. The van der Waals surface area contributed by atoms with E-state index in [0.717, 1.165) is 35.5 Å². The van der Waals surface area contributed by atoms with Crippen molar-refractivity contribution in [3.63, 3.8) is 0 Å². The predicted octanol–water partition coefficient (Wildman–Crippen LogP) is 14.0. The summed E-state index contributed by atoms with van der Waals surface area (Å²) in [5.41, 5.74) is 0. The van der Waals surface area contributed by atoms with Gasteiger partial charge < -0.3 is 0 Å². The van der Waals surface area contributed by atoms with Crippen molar-refractivity contribution < 1.29 is 0 Å². The molecule has 0 bridgehead atoms. The Bertz CT molecular complexity index is 380. The van der Waals surface area contributed by atoms with Gasteiger partial charge in [-0.15, -0.1) is 0 Å². The molecule has 4 aliphatic rings. The van der Waals surface area contributed by atoms with Crippen molar-refractivity contribution in [2.45, 2.75) is 208 Å². The molecule has 0 spiro atoms. The Balaban J connectivity index is 0.000000254. The van der Waals surface area contributed by atoms with Crippen molar-refractivity contribution in [1.29, 1.82) is 0 Å². The molecule has 4 aliphatic carbocycles. The van der Waals surface area contributed by atoms with E-state index in [9.17, 15) is 0 Å². The Morgan fingerprint density at radius 3 is 0.500 bits per heavy atom. The average molecular weight is 533 g/mol. The van der Waals surface area contributed by atoms with Crippen LogP contribution in [-0.2, 0) is 0 Å². The predicted molar refractivity (Wildman–Crippen MR) is 175 cm³/mol. The Morgan fingerprint density at radius 2 is 0.316 bits per heavy atom. The quantitative estimate of drug-likeness (QED) is 0.291. The van der Waals surface area contributed by atoms with E-state index in [1.807, 2.05) is 0 Å². The van der Waals surface area contributed by atoms with E-state index in [0.29, 0.717) is 0 Å². The minimum atomic E-state index is 1.01. The molecule has 0 radical (unpaired) electrons. The van der Waals surface area contributed by atoms with Crippen LogP contribution in [0.5, 0.6) is 0 Å². The van der Waals surface area contributed by atoms with Gasteiger partial charge in [-0.2, -0.15) is 0 Å². The van der Waals surface area contributed by atoms with Crippen LogP contribution in [0.3, 0.4) is 0 Å². The van der Waals surface area contributed by atoms with Crippen molar-refractivity contribution in [3.05, 3.63) is 0 Å². The van der Waals surface area contributed by atoms with Gasteiger partial charge in [-0.25, -0.2) is 0 Å². The topological polar surface area (TPSA) is 0 Å². The lowest BCUT2D eigenvalue weighted by molar-refractivity contribution is 0.346. The van der Waals surface area contributed by atoms with Crippen LogP contribution in [0.15, 0.2) is 0 Å². The van der Waals surface area contributed by atoms with E-state index in [-0.39, 0.29) is 0 Å². The zero-order chi connectivity index (χ0) is 27.8. The van der Waals surface area contributed by atoms with Gasteiger partial charge in [-0.1, -0.05) is 208 Å². The third kappa shape index (κ3) is 22.8. The fourth-order valence-corrected chi connectivity index (χ4v) is 7.16. The molecular weight excluding hydrogens is 456 g/mol. The minimum absolute atomic E-state index is 1.01. The summed E-state index contributed by atoms with van der Waals surface area (Å²) in [7, 11) is 0. The van der Waals surface area contributed by atoms with Crippen LogP contribution in [0.25, 0.3) is 0 Å². The molecular formula is C38H76. The first-order chi connectivity index (χ1) is 18.4. The van der Waals surface area contributed by atoms with Crippen LogP contribution >= 0.6 is 0 Å². The fraction of sp³-hybridized carbons (Fsp3) is 1.00. The summed E-state index contributed by atoms with van der Waals surface area (Å²) in [6.07, 6.45) is 38.6. The third-order valence-corrected chi connectivity index (χ3v) is 10.4. The maximum Gasteiger partial charge on any atom is -0.0443 e. The van der Waals surface area contributed by atoms with Crippen molar-refractivity contribution in [2.75, 3.05) is 0 Å². The molecule has 0 atom stereocenters. The second-order valence-corrected chi connectivity index (χ2v) is 15.0. The van der Waals surface area contributed by atoms with Crippen LogP contribution in [0, 0.1) is 35.5 Å². The van der Waals surface area contributed by atoms with E-state index < -0.39 is 0 Å². The smallest absolute Gasteiger partial charge is 0.0443 e. The largest absolute Gasteiger partial charge is 0.0625 e.